The molecule has 9 rings (SSSR count). The summed E-state index contributed by atoms with van der Waals surface area (Å²) in [6, 6.07) is 57.8. The third-order valence-corrected chi connectivity index (χ3v) is 9.64. The number of nitrogens with zero attached hydrogens (tertiary/aromatic N) is 5. The topological polar surface area (TPSA) is 81.2 Å². The number of fused-ring (bicyclic) bond motifs is 6. The molecule has 0 aliphatic heterocycles. The van der Waals surface area contributed by atoms with Crippen LogP contribution in [0.15, 0.2) is 152 Å². The summed E-state index contributed by atoms with van der Waals surface area (Å²) in [4.78, 5) is 0. The van der Waals surface area contributed by atoms with Crippen LogP contribution in [-0.4, -0.2) is 9.13 Å². The molecule has 0 aliphatic carbocycles. The van der Waals surface area contributed by atoms with Gasteiger partial charge in [-0.1, -0.05) is 91.0 Å². The molecule has 0 N–H and O–H groups in total. The lowest BCUT2D eigenvalue weighted by molar-refractivity contribution is 1.18. The maximum atomic E-state index is 10.4. The van der Waals surface area contributed by atoms with Crippen molar-refractivity contribution in [1.29, 1.82) is 15.8 Å². The maximum Gasteiger partial charge on any atom is 0.0998 e. The average molecular weight is 636 g/mol. The zero-order valence-electron chi connectivity index (χ0n) is 26.7. The first-order valence-corrected chi connectivity index (χ1v) is 16.3. The SMILES string of the molecule is N#Cc1ccc2c(c1)c1ccccc1n2-c1ccccc1-c1ccc(-c2ccc(-n3c4ccccc4c4ccc(C#N)cc43)cc2C#N)cc1. The lowest BCUT2D eigenvalue weighted by atomic mass is 9.96. The summed E-state index contributed by atoms with van der Waals surface area (Å²) < 4.78 is 4.40. The normalized spacial score (nSPS) is 11.1. The molecule has 2 heterocycles. The third kappa shape index (κ3) is 4.38. The van der Waals surface area contributed by atoms with Gasteiger partial charge in [0.15, 0.2) is 0 Å². The van der Waals surface area contributed by atoms with Gasteiger partial charge in [-0.2, -0.15) is 15.8 Å². The van der Waals surface area contributed by atoms with Gasteiger partial charge in [0.25, 0.3) is 0 Å². The van der Waals surface area contributed by atoms with Crippen LogP contribution in [0.25, 0.3) is 77.2 Å². The molecular weight excluding hydrogens is 611 g/mol. The second-order valence-electron chi connectivity index (χ2n) is 12.3. The highest BCUT2D eigenvalue weighted by molar-refractivity contribution is 6.11. The van der Waals surface area contributed by atoms with E-state index in [9.17, 15) is 15.8 Å². The highest BCUT2D eigenvalue weighted by atomic mass is 15.0. The van der Waals surface area contributed by atoms with E-state index >= 15 is 0 Å². The third-order valence-electron chi connectivity index (χ3n) is 9.64. The Morgan fingerprint density at radius 3 is 1.70 bits per heavy atom. The molecule has 50 heavy (non-hydrogen) atoms. The molecule has 5 nitrogen and oxygen atoms in total. The maximum absolute atomic E-state index is 10.4. The van der Waals surface area contributed by atoms with E-state index in [4.69, 9.17) is 0 Å². The molecule has 0 radical (unpaired) electrons. The highest BCUT2D eigenvalue weighted by Gasteiger charge is 2.17. The summed E-state index contributed by atoms with van der Waals surface area (Å²) in [5, 5.41) is 33.9. The first-order valence-electron chi connectivity index (χ1n) is 16.3. The molecule has 9 aromatic rings. The minimum atomic E-state index is 0.569. The van der Waals surface area contributed by atoms with Gasteiger partial charge < -0.3 is 9.13 Å². The van der Waals surface area contributed by atoms with E-state index in [1.165, 1.54) is 0 Å². The molecule has 230 valence electrons. The van der Waals surface area contributed by atoms with Gasteiger partial charge >= 0.3 is 0 Å². The minimum Gasteiger partial charge on any atom is -0.309 e. The minimum absolute atomic E-state index is 0.569. The van der Waals surface area contributed by atoms with Crippen LogP contribution in [0, 0.1) is 34.0 Å². The van der Waals surface area contributed by atoms with Crippen molar-refractivity contribution >= 4 is 43.6 Å². The van der Waals surface area contributed by atoms with Crippen molar-refractivity contribution in [1.82, 2.24) is 9.13 Å². The molecular formula is C45H25N5. The molecule has 0 atom stereocenters. The van der Waals surface area contributed by atoms with Gasteiger partial charge in [0.2, 0.25) is 0 Å². The van der Waals surface area contributed by atoms with Gasteiger partial charge in [-0.25, -0.2) is 0 Å². The van der Waals surface area contributed by atoms with E-state index < -0.39 is 0 Å². The zero-order chi connectivity index (χ0) is 33.8. The lowest BCUT2D eigenvalue weighted by Gasteiger charge is -2.15. The number of nitriles is 3. The van der Waals surface area contributed by atoms with Crippen molar-refractivity contribution in [2.45, 2.75) is 0 Å². The summed E-state index contributed by atoms with van der Waals surface area (Å²) >= 11 is 0. The Bertz CT molecular complexity index is 2960. The van der Waals surface area contributed by atoms with E-state index in [-0.39, 0.29) is 0 Å². The van der Waals surface area contributed by atoms with E-state index in [0.29, 0.717) is 16.7 Å². The van der Waals surface area contributed by atoms with Crippen LogP contribution >= 0.6 is 0 Å². The van der Waals surface area contributed by atoms with Crippen molar-refractivity contribution in [3.05, 3.63) is 168 Å². The predicted molar refractivity (Wildman–Crippen MR) is 200 cm³/mol. The lowest BCUT2D eigenvalue weighted by Crippen LogP contribution is -1.97. The molecule has 0 unspecified atom stereocenters. The zero-order valence-corrected chi connectivity index (χ0v) is 26.7. The monoisotopic (exact) mass is 635 g/mol. The number of rotatable bonds is 4. The van der Waals surface area contributed by atoms with Crippen LogP contribution in [-0.2, 0) is 0 Å². The average Bonchev–Trinajstić information content (AvgIpc) is 3.69. The van der Waals surface area contributed by atoms with Crippen molar-refractivity contribution in [2.75, 3.05) is 0 Å². The molecule has 2 aromatic heterocycles. The summed E-state index contributed by atoms with van der Waals surface area (Å²) in [6.07, 6.45) is 0. The highest BCUT2D eigenvalue weighted by Crippen LogP contribution is 2.38. The summed E-state index contributed by atoms with van der Waals surface area (Å²) in [5.74, 6) is 0. The number of para-hydroxylation sites is 3. The molecule has 0 aliphatic rings. The predicted octanol–water partition coefficient (Wildman–Crippen LogP) is 10.8. The molecule has 5 heteroatoms. The van der Waals surface area contributed by atoms with E-state index in [2.05, 4.69) is 100 Å². The summed E-state index contributed by atoms with van der Waals surface area (Å²) in [6.45, 7) is 0. The molecule has 0 saturated carbocycles. The van der Waals surface area contributed by atoms with E-state index in [0.717, 1.165) is 77.2 Å². The standard InChI is InChI=1S/C45H25N5/c46-26-29-14-22-44-40(23-29)38-9-3-6-12-43(38)50(44)41-10-4-1-7-36(41)32-17-15-31(16-18-32)35-21-19-34(25-33(35)28-48)49-42-11-5-2-8-37(42)39-20-13-30(27-47)24-45(39)49/h1-25H. The van der Waals surface area contributed by atoms with Crippen LogP contribution in [0.3, 0.4) is 0 Å². The van der Waals surface area contributed by atoms with Crippen LogP contribution in [0.2, 0.25) is 0 Å². The Morgan fingerprint density at radius 1 is 0.380 bits per heavy atom. The quantitative estimate of drug-likeness (QED) is 0.193. The van der Waals surface area contributed by atoms with Gasteiger partial charge in [0.05, 0.1) is 62.7 Å². The molecule has 0 amide bonds. The Kier molecular flexibility index (Phi) is 6.56. The van der Waals surface area contributed by atoms with E-state index in [1.807, 2.05) is 78.9 Å². The number of hydrogen-bond acceptors (Lipinski definition) is 3. The fraction of sp³-hybridized carbons (Fsp3) is 0. The van der Waals surface area contributed by atoms with Crippen LogP contribution in [0.1, 0.15) is 16.7 Å². The molecule has 0 saturated heterocycles. The summed E-state index contributed by atoms with van der Waals surface area (Å²) in [7, 11) is 0. The van der Waals surface area contributed by atoms with Gasteiger partial charge in [0.1, 0.15) is 0 Å². The Balaban J connectivity index is 1.14. The van der Waals surface area contributed by atoms with Crippen molar-refractivity contribution in [3.8, 4) is 51.8 Å². The Hall–Kier alpha value is -7.39. The van der Waals surface area contributed by atoms with Gasteiger partial charge in [0, 0.05) is 32.8 Å². The van der Waals surface area contributed by atoms with Crippen LogP contribution < -0.4 is 0 Å². The van der Waals surface area contributed by atoms with Crippen LogP contribution in [0.4, 0.5) is 0 Å². The molecule has 0 spiro atoms. The number of benzene rings is 7. The van der Waals surface area contributed by atoms with Gasteiger partial charge in [-0.15, -0.1) is 0 Å². The van der Waals surface area contributed by atoms with Gasteiger partial charge in [-0.05, 0) is 77.4 Å². The second kappa shape index (κ2) is 11.4. The number of aromatic nitrogens is 2. The fourth-order valence-corrected chi connectivity index (χ4v) is 7.38. The molecule has 0 bridgehead atoms. The Labute approximate surface area is 287 Å². The molecule has 0 fully saturated rings. The van der Waals surface area contributed by atoms with Crippen molar-refractivity contribution in [3.63, 3.8) is 0 Å². The summed E-state index contributed by atoms with van der Waals surface area (Å²) in [5.41, 5.74) is 11.7. The molecule has 7 aromatic carbocycles. The van der Waals surface area contributed by atoms with Gasteiger partial charge in [-0.3, -0.25) is 0 Å². The Morgan fingerprint density at radius 2 is 0.960 bits per heavy atom. The smallest absolute Gasteiger partial charge is 0.0998 e. The van der Waals surface area contributed by atoms with Crippen molar-refractivity contribution < 1.29 is 0 Å². The van der Waals surface area contributed by atoms with Crippen LogP contribution in [0.5, 0.6) is 0 Å². The first kappa shape index (κ1) is 28.8. The first-order chi connectivity index (χ1) is 24.7. The van der Waals surface area contributed by atoms with E-state index in [1.54, 1.807) is 0 Å². The van der Waals surface area contributed by atoms with Crippen molar-refractivity contribution in [2.24, 2.45) is 0 Å². The largest absolute Gasteiger partial charge is 0.309 e. The second-order valence-corrected chi connectivity index (χ2v) is 12.3. The fourth-order valence-electron chi connectivity index (χ4n) is 7.38. The number of hydrogen-bond donors (Lipinski definition) is 0.